The molecule has 2 aromatic heterocycles. The average molecular weight is 317 g/mol. The van der Waals surface area contributed by atoms with E-state index in [-0.39, 0.29) is 5.91 Å². The largest absolute Gasteiger partial charge is 0.439 e. The van der Waals surface area contributed by atoms with Crippen LogP contribution in [0.5, 0.6) is 11.6 Å². The Balaban J connectivity index is 1.65. The fourth-order valence-corrected chi connectivity index (χ4v) is 2.64. The van der Waals surface area contributed by atoms with Crippen molar-refractivity contribution in [2.24, 2.45) is 0 Å². The summed E-state index contributed by atoms with van der Waals surface area (Å²) in [6.45, 7) is 2.00. The van der Waals surface area contributed by atoms with Crippen molar-refractivity contribution in [2.75, 3.05) is 5.32 Å². The maximum Gasteiger partial charge on any atom is 0.257 e. The molecule has 0 aliphatic carbocycles. The molecule has 5 heteroatoms. The molecule has 0 radical (unpaired) electrons. The normalized spacial score (nSPS) is 14.5. The van der Waals surface area contributed by atoms with E-state index >= 15 is 0 Å². The number of amides is 1. The number of anilines is 1. The quantitative estimate of drug-likeness (QED) is 0.717. The van der Waals surface area contributed by atoms with E-state index in [0.717, 1.165) is 16.8 Å². The van der Waals surface area contributed by atoms with Gasteiger partial charge in [-0.2, -0.15) is 4.98 Å². The van der Waals surface area contributed by atoms with Crippen LogP contribution in [0.25, 0.3) is 11.6 Å². The smallest absolute Gasteiger partial charge is 0.257 e. The lowest BCUT2D eigenvalue weighted by atomic mass is 10.1. The Morgan fingerprint density at radius 2 is 2.04 bits per heavy atom. The Kier molecular flexibility index (Phi) is 3.39. The lowest BCUT2D eigenvalue weighted by molar-refractivity contribution is -0.110. The lowest BCUT2D eigenvalue weighted by Crippen LogP contribution is -2.04. The Labute approximate surface area is 139 Å². The number of H-pyrrole nitrogens is 1. The summed E-state index contributed by atoms with van der Waals surface area (Å²) in [5.74, 6) is 1.51. The van der Waals surface area contributed by atoms with E-state index in [1.807, 2.05) is 61.7 Å². The van der Waals surface area contributed by atoms with Gasteiger partial charge < -0.3 is 15.0 Å². The van der Waals surface area contributed by atoms with Crippen LogP contribution < -0.4 is 10.1 Å². The average Bonchev–Trinajstić information content (AvgIpc) is 3.16. The standard InChI is InChI=1S/C19H15N3O2/c1-12-4-2-6-14(10-12)24-17-8-7-15-16(11-13-5-3-9-20-13)19(23)22-18(15)21-17/h2-11,20H,1H3,(H,21,22,23)/b16-11-. The van der Waals surface area contributed by atoms with Gasteiger partial charge >= 0.3 is 0 Å². The third-order valence-electron chi connectivity index (χ3n) is 3.77. The first kappa shape index (κ1) is 14.3. The molecule has 4 rings (SSSR count). The number of aromatic nitrogens is 2. The zero-order chi connectivity index (χ0) is 16.5. The third kappa shape index (κ3) is 2.67. The monoisotopic (exact) mass is 317 g/mol. The summed E-state index contributed by atoms with van der Waals surface area (Å²) in [7, 11) is 0. The number of benzene rings is 1. The van der Waals surface area contributed by atoms with Gasteiger partial charge in [0.25, 0.3) is 5.91 Å². The fourth-order valence-electron chi connectivity index (χ4n) is 2.64. The molecule has 0 fully saturated rings. The maximum atomic E-state index is 12.2. The van der Waals surface area contributed by atoms with Crippen LogP contribution >= 0.6 is 0 Å². The van der Waals surface area contributed by atoms with Crippen LogP contribution in [0.15, 0.2) is 54.7 Å². The molecule has 3 aromatic rings. The summed E-state index contributed by atoms with van der Waals surface area (Å²) >= 11 is 0. The van der Waals surface area contributed by atoms with E-state index in [2.05, 4.69) is 15.3 Å². The van der Waals surface area contributed by atoms with Crippen molar-refractivity contribution in [1.82, 2.24) is 9.97 Å². The van der Waals surface area contributed by atoms with Gasteiger partial charge in [-0.25, -0.2) is 0 Å². The number of rotatable bonds is 3. The lowest BCUT2D eigenvalue weighted by Gasteiger charge is -2.06. The Bertz CT molecular complexity index is 943. The molecule has 1 aliphatic rings. The van der Waals surface area contributed by atoms with Crippen molar-refractivity contribution >= 4 is 23.4 Å². The van der Waals surface area contributed by atoms with Gasteiger partial charge in [-0.3, -0.25) is 4.79 Å². The van der Waals surface area contributed by atoms with Gasteiger partial charge in [0.15, 0.2) is 0 Å². The minimum atomic E-state index is -0.167. The highest BCUT2D eigenvalue weighted by atomic mass is 16.5. The summed E-state index contributed by atoms with van der Waals surface area (Å²) < 4.78 is 5.77. The van der Waals surface area contributed by atoms with Crippen LogP contribution in [-0.2, 0) is 4.79 Å². The Morgan fingerprint density at radius 1 is 1.12 bits per heavy atom. The molecule has 1 aliphatic heterocycles. The summed E-state index contributed by atoms with van der Waals surface area (Å²) in [6, 6.07) is 15.1. The van der Waals surface area contributed by atoms with Gasteiger partial charge in [0.2, 0.25) is 5.88 Å². The number of fused-ring (bicyclic) bond motifs is 1. The first-order chi connectivity index (χ1) is 11.7. The van der Waals surface area contributed by atoms with Crippen LogP contribution in [0.2, 0.25) is 0 Å². The minimum absolute atomic E-state index is 0.167. The van der Waals surface area contributed by atoms with E-state index in [1.165, 1.54) is 0 Å². The van der Waals surface area contributed by atoms with Crippen LogP contribution in [0.3, 0.4) is 0 Å². The van der Waals surface area contributed by atoms with Crippen LogP contribution in [-0.4, -0.2) is 15.9 Å². The number of pyridine rings is 1. The minimum Gasteiger partial charge on any atom is -0.439 e. The van der Waals surface area contributed by atoms with Gasteiger partial charge in [0.05, 0.1) is 5.57 Å². The number of carbonyl (C=O) groups excluding carboxylic acids is 1. The molecular formula is C19H15N3O2. The van der Waals surface area contributed by atoms with Gasteiger partial charge in [0, 0.05) is 23.5 Å². The van der Waals surface area contributed by atoms with Gasteiger partial charge in [-0.1, -0.05) is 12.1 Å². The van der Waals surface area contributed by atoms with Crippen LogP contribution in [0.1, 0.15) is 16.8 Å². The highest BCUT2D eigenvalue weighted by molar-refractivity contribution is 6.34. The molecule has 1 aromatic carbocycles. The third-order valence-corrected chi connectivity index (χ3v) is 3.77. The second-order valence-electron chi connectivity index (χ2n) is 5.60. The highest BCUT2D eigenvalue weighted by Gasteiger charge is 2.26. The molecule has 118 valence electrons. The number of ether oxygens (including phenoxy) is 1. The van der Waals surface area contributed by atoms with Gasteiger partial charge in [0.1, 0.15) is 11.6 Å². The molecular weight excluding hydrogens is 302 g/mol. The molecule has 5 nitrogen and oxygen atoms in total. The van der Waals surface area contributed by atoms with Crippen LogP contribution in [0.4, 0.5) is 5.82 Å². The maximum absolute atomic E-state index is 12.2. The molecule has 0 saturated heterocycles. The van der Waals surface area contributed by atoms with Crippen molar-refractivity contribution in [3.63, 3.8) is 0 Å². The number of hydrogen-bond donors (Lipinski definition) is 2. The van der Waals surface area contributed by atoms with E-state index in [1.54, 1.807) is 6.07 Å². The zero-order valence-corrected chi connectivity index (χ0v) is 13.0. The van der Waals surface area contributed by atoms with Crippen molar-refractivity contribution in [3.05, 3.63) is 71.5 Å². The van der Waals surface area contributed by atoms with E-state index in [9.17, 15) is 4.79 Å². The number of carbonyl (C=O) groups is 1. The molecule has 24 heavy (non-hydrogen) atoms. The second-order valence-corrected chi connectivity index (χ2v) is 5.60. The predicted molar refractivity (Wildman–Crippen MR) is 92.8 cm³/mol. The predicted octanol–water partition coefficient (Wildman–Crippen LogP) is 4.00. The Hall–Kier alpha value is -3.34. The van der Waals surface area contributed by atoms with Crippen molar-refractivity contribution < 1.29 is 9.53 Å². The van der Waals surface area contributed by atoms with Gasteiger partial charge in [-0.15, -0.1) is 0 Å². The molecule has 0 atom stereocenters. The number of nitrogens with one attached hydrogen (secondary N) is 2. The first-order valence-electron chi connectivity index (χ1n) is 7.61. The van der Waals surface area contributed by atoms with Gasteiger partial charge in [-0.05, 0) is 48.9 Å². The summed E-state index contributed by atoms with van der Waals surface area (Å²) in [4.78, 5) is 19.7. The number of aryl methyl sites for hydroxylation is 1. The van der Waals surface area contributed by atoms with Crippen LogP contribution in [0, 0.1) is 6.92 Å². The number of aromatic amines is 1. The molecule has 0 spiro atoms. The number of nitrogens with zero attached hydrogens (tertiary/aromatic N) is 1. The van der Waals surface area contributed by atoms with Crippen molar-refractivity contribution in [2.45, 2.75) is 6.92 Å². The molecule has 0 unspecified atom stereocenters. The topological polar surface area (TPSA) is 67.0 Å². The Morgan fingerprint density at radius 3 is 2.83 bits per heavy atom. The number of hydrogen-bond acceptors (Lipinski definition) is 3. The van der Waals surface area contributed by atoms with Crippen molar-refractivity contribution in [1.29, 1.82) is 0 Å². The van der Waals surface area contributed by atoms with E-state index < -0.39 is 0 Å². The highest BCUT2D eigenvalue weighted by Crippen LogP contribution is 2.34. The second kappa shape index (κ2) is 5.70. The fraction of sp³-hybridized carbons (Fsp3) is 0.0526. The summed E-state index contributed by atoms with van der Waals surface area (Å²) in [5.41, 5.74) is 3.33. The molecule has 0 saturated carbocycles. The molecule has 3 heterocycles. The summed E-state index contributed by atoms with van der Waals surface area (Å²) in [5, 5.41) is 2.79. The first-order valence-corrected chi connectivity index (χ1v) is 7.61. The molecule has 0 bridgehead atoms. The van der Waals surface area contributed by atoms with Crippen molar-refractivity contribution in [3.8, 4) is 11.6 Å². The summed E-state index contributed by atoms with van der Waals surface area (Å²) in [6.07, 6.45) is 3.63. The SMILES string of the molecule is Cc1cccc(Oc2ccc3c(n2)NC(=O)/C3=C\c2ccc[nH]2)c1. The van der Waals surface area contributed by atoms with E-state index in [4.69, 9.17) is 4.74 Å². The molecule has 2 N–H and O–H groups in total. The van der Waals surface area contributed by atoms with E-state index in [0.29, 0.717) is 23.0 Å². The zero-order valence-electron chi connectivity index (χ0n) is 13.0. The molecule has 1 amide bonds.